The summed E-state index contributed by atoms with van der Waals surface area (Å²) in [5.74, 6) is 1.26. The molecule has 7 heteroatoms. The summed E-state index contributed by atoms with van der Waals surface area (Å²) in [4.78, 5) is 22.9. The molecule has 0 aromatic heterocycles. The van der Waals surface area contributed by atoms with Gasteiger partial charge in [-0.15, -0.1) is 0 Å². The van der Waals surface area contributed by atoms with Crippen LogP contribution in [-0.4, -0.2) is 41.8 Å². The first-order chi connectivity index (χ1) is 13.6. The molecule has 1 saturated heterocycles. The van der Waals surface area contributed by atoms with Crippen molar-refractivity contribution in [2.75, 3.05) is 20.3 Å². The molecule has 2 aromatic carbocycles. The van der Waals surface area contributed by atoms with Crippen LogP contribution in [0.3, 0.4) is 0 Å². The number of para-hydroxylation sites is 1. The summed E-state index contributed by atoms with van der Waals surface area (Å²) >= 11 is 1.03. The molecule has 3 rings (SSSR count). The minimum Gasteiger partial charge on any atom is -0.496 e. The number of hydrogen-bond donors (Lipinski definition) is 2. The van der Waals surface area contributed by atoms with Crippen molar-refractivity contribution in [2.45, 2.75) is 24.0 Å². The first-order valence-corrected chi connectivity index (χ1v) is 9.95. The summed E-state index contributed by atoms with van der Waals surface area (Å²) < 4.78 is 11.4. The van der Waals surface area contributed by atoms with E-state index in [-0.39, 0.29) is 28.9 Å². The summed E-state index contributed by atoms with van der Waals surface area (Å²) in [6.45, 7) is 0.473. The standard InChI is InChI=1S/C21H23NO5S/c1-26-18-5-3-2-4-17(18)15(10-11-23)13-27-16-8-6-14(7-9-16)12-19-20(24)22-21(25)28-19/h2-9,15,19,23H,10-13H2,1H3,(H,22,24,25). The molecule has 1 fully saturated rings. The van der Waals surface area contributed by atoms with E-state index in [1.54, 1.807) is 7.11 Å². The Kier molecular flexibility index (Phi) is 6.95. The number of methoxy groups -OCH3 is 1. The topological polar surface area (TPSA) is 84.9 Å². The van der Waals surface area contributed by atoms with Crippen molar-refractivity contribution in [3.63, 3.8) is 0 Å². The van der Waals surface area contributed by atoms with E-state index in [2.05, 4.69) is 5.32 Å². The van der Waals surface area contributed by atoms with Crippen molar-refractivity contribution >= 4 is 22.9 Å². The number of ether oxygens (including phenoxy) is 2. The smallest absolute Gasteiger partial charge is 0.286 e. The maximum Gasteiger partial charge on any atom is 0.286 e. The second-order valence-corrected chi connectivity index (χ2v) is 7.67. The van der Waals surface area contributed by atoms with Crippen LogP contribution in [0.25, 0.3) is 0 Å². The predicted octanol–water partition coefficient (Wildman–Crippen LogP) is 3.13. The van der Waals surface area contributed by atoms with Gasteiger partial charge in [0.1, 0.15) is 11.5 Å². The average molecular weight is 401 g/mol. The maximum absolute atomic E-state index is 11.7. The lowest BCUT2D eigenvalue weighted by atomic mass is 9.96. The van der Waals surface area contributed by atoms with E-state index in [4.69, 9.17) is 9.47 Å². The number of amides is 2. The van der Waals surface area contributed by atoms with Gasteiger partial charge in [-0.3, -0.25) is 14.9 Å². The van der Waals surface area contributed by atoms with Crippen LogP contribution >= 0.6 is 11.8 Å². The highest BCUT2D eigenvalue weighted by molar-refractivity contribution is 8.15. The molecule has 0 aliphatic carbocycles. The van der Waals surface area contributed by atoms with Crippen LogP contribution in [0.5, 0.6) is 11.5 Å². The van der Waals surface area contributed by atoms with Gasteiger partial charge in [0.05, 0.1) is 19.0 Å². The van der Waals surface area contributed by atoms with E-state index in [9.17, 15) is 14.7 Å². The van der Waals surface area contributed by atoms with Gasteiger partial charge in [0, 0.05) is 18.1 Å². The SMILES string of the molecule is COc1ccccc1C(CCO)COc1ccc(CC2SC(=O)NC2=O)cc1. The Labute approximate surface area is 168 Å². The Morgan fingerprint density at radius 2 is 1.89 bits per heavy atom. The third kappa shape index (κ3) is 5.05. The molecule has 2 N–H and O–H groups in total. The summed E-state index contributed by atoms with van der Waals surface area (Å²) in [5.41, 5.74) is 1.97. The minimum atomic E-state index is -0.376. The van der Waals surface area contributed by atoms with E-state index in [0.29, 0.717) is 25.2 Å². The van der Waals surface area contributed by atoms with Crippen molar-refractivity contribution in [1.29, 1.82) is 0 Å². The Hall–Kier alpha value is -2.51. The first-order valence-electron chi connectivity index (χ1n) is 9.07. The van der Waals surface area contributed by atoms with Crippen LogP contribution < -0.4 is 14.8 Å². The van der Waals surface area contributed by atoms with Crippen molar-refractivity contribution in [3.05, 3.63) is 59.7 Å². The molecule has 0 bridgehead atoms. The molecule has 6 nitrogen and oxygen atoms in total. The molecule has 2 amide bonds. The second kappa shape index (κ2) is 9.61. The molecular weight excluding hydrogens is 378 g/mol. The van der Waals surface area contributed by atoms with Gasteiger partial charge in [-0.1, -0.05) is 42.1 Å². The first kappa shape index (κ1) is 20.2. The van der Waals surface area contributed by atoms with Crippen LogP contribution in [0.1, 0.15) is 23.5 Å². The summed E-state index contributed by atoms with van der Waals surface area (Å²) in [7, 11) is 1.63. The van der Waals surface area contributed by atoms with Gasteiger partial charge in [0.2, 0.25) is 5.91 Å². The highest BCUT2D eigenvalue weighted by Gasteiger charge is 2.31. The third-order valence-corrected chi connectivity index (χ3v) is 5.60. The molecule has 1 aliphatic heterocycles. The molecule has 0 spiro atoms. The lowest BCUT2D eigenvalue weighted by molar-refractivity contribution is -0.118. The van der Waals surface area contributed by atoms with E-state index < -0.39 is 0 Å². The molecule has 0 radical (unpaired) electrons. The number of thioether (sulfide) groups is 1. The van der Waals surface area contributed by atoms with Crippen LogP contribution in [0.4, 0.5) is 4.79 Å². The zero-order valence-electron chi connectivity index (χ0n) is 15.6. The highest BCUT2D eigenvalue weighted by Crippen LogP contribution is 2.30. The molecule has 2 atom stereocenters. The Bertz CT molecular complexity index is 824. The molecule has 2 unspecified atom stereocenters. The van der Waals surface area contributed by atoms with Crippen LogP contribution in [0.2, 0.25) is 0 Å². The minimum absolute atomic E-state index is 0.00502. The highest BCUT2D eigenvalue weighted by atomic mass is 32.2. The quantitative estimate of drug-likeness (QED) is 0.672. The number of carbonyl (C=O) groups is 2. The van der Waals surface area contributed by atoms with Gasteiger partial charge in [-0.2, -0.15) is 0 Å². The number of carbonyl (C=O) groups excluding carboxylic acids is 2. The van der Waals surface area contributed by atoms with Crippen LogP contribution in [-0.2, 0) is 11.2 Å². The zero-order chi connectivity index (χ0) is 19.9. The summed E-state index contributed by atoms with van der Waals surface area (Å²) in [6, 6.07) is 15.2. The largest absolute Gasteiger partial charge is 0.496 e. The van der Waals surface area contributed by atoms with Gasteiger partial charge < -0.3 is 14.6 Å². The fourth-order valence-electron chi connectivity index (χ4n) is 3.15. The lowest BCUT2D eigenvalue weighted by Crippen LogP contribution is -2.25. The molecule has 2 aromatic rings. The van der Waals surface area contributed by atoms with Crippen molar-refractivity contribution in [3.8, 4) is 11.5 Å². The van der Waals surface area contributed by atoms with Gasteiger partial charge in [-0.05, 0) is 36.6 Å². The maximum atomic E-state index is 11.7. The Morgan fingerprint density at radius 1 is 1.14 bits per heavy atom. The van der Waals surface area contributed by atoms with E-state index in [1.807, 2.05) is 48.5 Å². The van der Waals surface area contributed by atoms with E-state index in [0.717, 1.165) is 28.6 Å². The van der Waals surface area contributed by atoms with Crippen molar-refractivity contribution in [2.24, 2.45) is 0 Å². The van der Waals surface area contributed by atoms with Crippen LogP contribution in [0.15, 0.2) is 48.5 Å². The lowest BCUT2D eigenvalue weighted by Gasteiger charge is -2.20. The average Bonchev–Trinajstić information content (AvgIpc) is 3.03. The van der Waals surface area contributed by atoms with Gasteiger partial charge in [0.25, 0.3) is 5.24 Å². The molecular formula is C21H23NO5S. The monoisotopic (exact) mass is 401 g/mol. The fourth-order valence-corrected chi connectivity index (χ4v) is 4.01. The molecule has 148 valence electrons. The zero-order valence-corrected chi connectivity index (χ0v) is 16.4. The molecule has 28 heavy (non-hydrogen) atoms. The third-order valence-electron chi connectivity index (χ3n) is 4.62. The normalized spacial score (nSPS) is 17.3. The number of aliphatic hydroxyl groups excluding tert-OH is 1. The van der Waals surface area contributed by atoms with E-state index in [1.165, 1.54) is 0 Å². The van der Waals surface area contributed by atoms with Crippen molar-refractivity contribution in [1.82, 2.24) is 5.32 Å². The van der Waals surface area contributed by atoms with Crippen LogP contribution in [0, 0.1) is 0 Å². The Balaban J connectivity index is 1.61. The summed E-state index contributed by atoms with van der Waals surface area (Å²) in [5, 5.41) is 11.0. The molecule has 0 saturated carbocycles. The second-order valence-electron chi connectivity index (χ2n) is 6.49. The fraction of sp³-hybridized carbons (Fsp3) is 0.333. The predicted molar refractivity (Wildman–Crippen MR) is 108 cm³/mol. The number of hydrogen-bond acceptors (Lipinski definition) is 6. The van der Waals surface area contributed by atoms with Gasteiger partial charge >= 0.3 is 0 Å². The summed E-state index contributed by atoms with van der Waals surface area (Å²) in [6.07, 6.45) is 1.07. The van der Waals surface area contributed by atoms with Gasteiger partial charge in [-0.25, -0.2) is 0 Å². The number of aliphatic hydroxyl groups is 1. The van der Waals surface area contributed by atoms with Gasteiger partial charge in [0.15, 0.2) is 0 Å². The van der Waals surface area contributed by atoms with E-state index >= 15 is 0 Å². The van der Waals surface area contributed by atoms with Crippen molar-refractivity contribution < 1.29 is 24.2 Å². The number of imide groups is 1. The Morgan fingerprint density at radius 3 is 2.54 bits per heavy atom. The molecule has 1 aliphatic rings. The number of rotatable bonds is 9. The number of nitrogens with one attached hydrogen (secondary N) is 1. The number of benzene rings is 2. The molecule has 1 heterocycles.